The van der Waals surface area contributed by atoms with Gasteiger partial charge in [0.25, 0.3) is 6.43 Å². The van der Waals surface area contributed by atoms with E-state index < -0.39 is 42.4 Å². The highest BCUT2D eigenvalue weighted by atomic mass is 79.9. The third-order valence-corrected chi connectivity index (χ3v) is 7.82. The van der Waals surface area contributed by atoms with E-state index in [1.54, 1.807) is 19.1 Å². The van der Waals surface area contributed by atoms with Crippen molar-refractivity contribution < 1.29 is 32.1 Å². The molecule has 7 nitrogen and oxygen atoms in total. The smallest absolute Gasteiger partial charge is 0.320 e. The summed E-state index contributed by atoms with van der Waals surface area (Å²) in [5.74, 6) is -1.61. The van der Waals surface area contributed by atoms with Crippen LogP contribution in [0.5, 0.6) is 17.6 Å². The fourth-order valence-corrected chi connectivity index (χ4v) is 5.48. The average Bonchev–Trinajstić information content (AvgIpc) is 3.35. The van der Waals surface area contributed by atoms with Gasteiger partial charge in [-0.15, -0.1) is 0 Å². The van der Waals surface area contributed by atoms with Crippen molar-refractivity contribution in [3.8, 4) is 17.6 Å². The van der Waals surface area contributed by atoms with Crippen LogP contribution in [-0.4, -0.2) is 77.0 Å². The van der Waals surface area contributed by atoms with Crippen molar-refractivity contribution in [1.82, 2.24) is 20.2 Å². The number of allylic oxidation sites excluding steroid dienone is 1. The molecule has 3 atom stereocenters. The fraction of sp³-hybridized carbons (Fsp3) is 0.565. The molecule has 3 heterocycles. The molecule has 2 N–H and O–H groups in total. The van der Waals surface area contributed by atoms with E-state index in [1.807, 2.05) is 4.90 Å². The zero-order valence-electron chi connectivity index (χ0n) is 19.4. The van der Waals surface area contributed by atoms with Crippen LogP contribution in [0.15, 0.2) is 16.6 Å². The summed E-state index contributed by atoms with van der Waals surface area (Å²) in [5, 5.41) is 13.0. The molecule has 2 aromatic rings. The highest BCUT2D eigenvalue weighted by molar-refractivity contribution is 9.10. The Kier molecular flexibility index (Phi) is 8.48. The molecule has 36 heavy (non-hydrogen) atoms. The van der Waals surface area contributed by atoms with Crippen molar-refractivity contribution in [1.29, 1.82) is 0 Å². The zero-order chi connectivity index (χ0) is 26.0. The first-order chi connectivity index (χ1) is 17.1. The van der Waals surface area contributed by atoms with E-state index in [2.05, 4.69) is 31.2 Å². The van der Waals surface area contributed by atoms with Gasteiger partial charge in [-0.3, -0.25) is 4.90 Å². The lowest BCUT2D eigenvalue weighted by molar-refractivity contribution is 0.107. The number of halogens is 6. The van der Waals surface area contributed by atoms with Crippen molar-refractivity contribution in [2.45, 2.75) is 50.4 Å². The topological polar surface area (TPSA) is 79.7 Å². The SMILES string of the molecule is C/C=C/C(COc1c(Cl)c(Br)c(F)c2nc(OC[C@@]34CCCN3C[C@H](F)C4)nc(O)c12)NCC(F)F. The number of hydrogen-bond donors (Lipinski definition) is 2. The molecule has 1 aromatic heterocycles. The number of alkyl halides is 3. The van der Waals surface area contributed by atoms with Crippen LogP contribution in [0.3, 0.4) is 0 Å². The summed E-state index contributed by atoms with van der Waals surface area (Å²) in [6.45, 7) is 2.22. The molecular weight excluding hydrogens is 572 g/mol. The number of nitrogens with one attached hydrogen (secondary N) is 1. The number of nitrogens with zero attached hydrogens (tertiary/aromatic N) is 3. The second-order valence-electron chi connectivity index (χ2n) is 8.93. The normalized spacial score (nSPS) is 23.2. The van der Waals surface area contributed by atoms with E-state index in [1.165, 1.54) is 0 Å². The highest BCUT2D eigenvalue weighted by Crippen LogP contribution is 2.45. The van der Waals surface area contributed by atoms with Gasteiger partial charge >= 0.3 is 6.01 Å². The number of fused-ring (bicyclic) bond motifs is 2. The van der Waals surface area contributed by atoms with Gasteiger partial charge in [0.2, 0.25) is 5.88 Å². The minimum absolute atomic E-state index is 0.0962. The molecule has 2 aliphatic heterocycles. The van der Waals surface area contributed by atoms with E-state index >= 15 is 4.39 Å². The molecule has 0 amide bonds. The third-order valence-electron chi connectivity index (χ3n) is 6.49. The number of rotatable bonds is 10. The Morgan fingerprint density at radius 1 is 1.36 bits per heavy atom. The molecule has 0 bridgehead atoms. The van der Waals surface area contributed by atoms with Gasteiger partial charge in [-0.2, -0.15) is 9.97 Å². The largest absolute Gasteiger partial charge is 0.493 e. The average molecular weight is 598 g/mol. The summed E-state index contributed by atoms with van der Waals surface area (Å²) in [4.78, 5) is 10.1. The molecule has 0 radical (unpaired) electrons. The lowest BCUT2D eigenvalue weighted by Crippen LogP contribution is -2.43. The predicted molar refractivity (Wildman–Crippen MR) is 131 cm³/mol. The van der Waals surface area contributed by atoms with E-state index in [-0.39, 0.29) is 45.4 Å². The van der Waals surface area contributed by atoms with Crippen molar-refractivity contribution in [2.75, 3.05) is 32.8 Å². The minimum Gasteiger partial charge on any atom is -0.493 e. The first-order valence-corrected chi connectivity index (χ1v) is 12.7. The maximum atomic E-state index is 15.1. The van der Waals surface area contributed by atoms with Gasteiger partial charge in [-0.1, -0.05) is 23.8 Å². The third kappa shape index (κ3) is 5.51. The Labute approximate surface area is 218 Å². The molecule has 1 aromatic carbocycles. The summed E-state index contributed by atoms with van der Waals surface area (Å²) in [6, 6.07) is -0.878. The number of ether oxygens (including phenoxy) is 2. The highest BCUT2D eigenvalue weighted by Gasteiger charge is 2.49. The van der Waals surface area contributed by atoms with Gasteiger partial charge in [-0.25, -0.2) is 17.6 Å². The maximum absolute atomic E-state index is 15.1. The van der Waals surface area contributed by atoms with Crippen LogP contribution in [-0.2, 0) is 0 Å². The van der Waals surface area contributed by atoms with Gasteiger partial charge in [0.05, 0.1) is 22.6 Å². The quantitative estimate of drug-likeness (QED) is 0.226. The van der Waals surface area contributed by atoms with E-state index in [0.717, 1.165) is 19.4 Å². The van der Waals surface area contributed by atoms with Crippen LogP contribution < -0.4 is 14.8 Å². The molecule has 0 spiro atoms. The molecule has 0 aliphatic carbocycles. The fourth-order valence-electron chi connectivity index (χ4n) is 4.88. The molecule has 2 fully saturated rings. The Bertz CT molecular complexity index is 1140. The van der Waals surface area contributed by atoms with Gasteiger partial charge in [-0.05, 0) is 42.2 Å². The van der Waals surface area contributed by atoms with E-state index in [9.17, 15) is 18.3 Å². The van der Waals surface area contributed by atoms with E-state index in [4.69, 9.17) is 21.1 Å². The molecule has 198 valence electrons. The monoisotopic (exact) mass is 596 g/mol. The molecule has 2 saturated heterocycles. The second kappa shape index (κ2) is 11.2. The van der Waals surface area contributed by atoms with Crippen molar-refractivity contribution in [3.05, 3.63) is 27.5 Å². The van der Waals surface area contributed by atoms with Crippen LogP contribution in [0.2, 0.25) is 5.02 Å². The summed E-state index contributed by atoms with van der Waals surface area (Å²) >= 11 is 9.37. The van der Waals surface area contributed by atoms with Crippen LogP contribution in [0.25, 0.3) is 10.9 Å². The Hall–Kier alpha value is -1.89. The summed E-state index contributed by atoms with van der Waals surface area (Å²) in [7, 11) is 0. The molecule has 4 rings (SSSR count). The zero-order valence-corrected chi connectivity index (χ0v) is 21.8. The van der Waals surface area contributed by atoms with Crippen LogP contribution in [0.1, 0.15) is 26.2 Å². The maximum Gasteiger partial charge on any atom is 0.320 e. The lowest BCUT2D eigenvalue weighted by atomic mass is 9.95. The number of aromatic hydroxyl groups is 1. The summed E-state index contributed by atoms with van der Waals surface area (Å²) in [6.07, 6.45) is 1.78. The molecule has 0 saturated carbocycles. The van der Waals surface area contributed by atoms with Crippen molar-refractivity contribution in [3.63, 3.8) is 0 Å². The second-order valence-corrected chi connectivity index (χ2v) is 10.1. The van der Waals surface area contributed by atoms with E-state index in [0.29, 0.717) is 13.0 Å². The first kappa shape index (κ1) is 27.2. The van der Waals surface area contributed by atoms with Crippen molar-refractivity contribution >= 4 is 38.4 Å². The predicted octanol–water partition coefficient (Wildman–Crippen LogP) is 5.02. The van der Waals surface area contributed by atoms with Gasteiger partial charge in [0.1, 0.15) is 35.3 Å². The van der Waals surface area contributed by atoms with Gasteiger partial charge in [0, 0.05) is 13.0 Å². The van der Waals surface area contributed by atoms with Crippen molar-refractivity contribution in [2.24, 2.45) is 0 Å². The lowest BCUT2D eigenvalue weighted by Gasteiger charge is -2.30. The Morgan fingerprint density at radius 3 is 2.86 bits per heavy atom. The Morgan fingerprint density at radius 2 is 2.14 bits per heavy atom. The molecular formula is C23H26BrClF4N4O3. The molecule has 2 aliphatic rings. The Balaban J connectivity index is 1.61. The summed E-state index contributed by atoms with van der Waals surface area (Å²) in [5.41, 5.74) is -0.782. The summed E-state index contributed by atoms with van der Waals surface area (Å²) < 4.78 is 65.8. The van der Waals surface area contributed by atoms with Crippen LogP contribution in [0.4, 0.5) is 17.6 Å². The van der Waals surface area contributed by atoms with Gasteiger partial charge < -0.3 is 19.9 Å². The standard InChI is InChI=1S/C23H26BrClF4N4O3/c1-2-4-13(30-8-14(27)28)10-35-20-15-19(18(29)16(24)17(20)25)31-22(32-21(15)34)36-11-23-5-3-6-33(23)9-12(26)7-23/h2,4,12-14,30H,3,5-11H2,1H3,(H,31,32,34)/b4-2+/t12-,13?,23+/m1/s1. The number of hydrogen-bond acceptors (Lipinski definition) is 7. The van der Waals surface area contributed by atoms with Crippen LogP contribution >= 0.6 is 27.5 Å². The van der Waals surface area contributed by atoms with Crippen LogP contribution in [0, 0.1) is 5.82 Å². The molecule has 1 unspecified atom stereocenters. The minimum atomic E-state index is -2.56. The molecule has 13 heteroatoms. The first-order valence-electron chi connectivity index (χ1n) is 11.5. The van der Waals surface area contributed by atoms with Gasteiger partial charge in [0.15, 0.2) is 11.6 Å². The number of benzene rings is 1. The number of aromatic nitrogens is 2.